The second-order valence-electron chi connectivity index (χ2n) is 9.61. The van der Waals surface area contributed by atoms with Crippen LogP contribution >= 0.6 is 11.3 Å². The van der Waals surface area contributed by atoms with Crippen molar-refractivity contribution in [2.75, 3.05) is 0 Å². The number of hydrogen-bond acceptors (Lipinski definition) is 4. The summed E-state index contributed by atoms with van der Waals surface area (Å²) in [5.41, 5.74) is 12.5. The average Bonchev–Trinajstić information content (AvgIpc) is 3.36. The van der Waals surface area contributed by atoms with Crippen LogP contribution < -0.4 is 0 Å². The van der Waals surface area contributed by atoms with Gasteiger partial charge in [0.05, 0.1) is 0 Å². The molecule has 3 nitrogen and oxygen atoms in total. The number of hydrogen-bond donors (Lipinski definition) is 0. The van der Waals surface area contributed by atoms with Gasteiger partial charge in [-0.2, -0.15) is 11.3 Å². The Labute approximate surface area is 242 Å². The molecule has 1 radical (unpaired) electrons. The van der Waals surface area contributed by atoms with Gasteiger partial charge in [-0.25, -0.2) is 0 Å². The third-order valence-electron chi connectivity index (χ3n) is 6.76. The second kappa shape index (κ2) is 11.7. The topological polar surface area (TPSA) is 38.7 Å². The molecule has 0 aliphatic carbocycles. The van der Waals surface area contributed by atoms with E-state index in [2.05, 4.69) is 104 Å². The fraction of sp³-hybridized carbons (Fsp3) is 0.182. The van der Waals surface area contributed by atoms with E-state index in [0.717, 1.165) is 49.9 Å². The van der Waals surface area contributed by atoms with Crippen molar-refractivity contribution in [3.63, 3.8) is 0 Å². The third-order valence-corrected chi connectivity index (χ3v) is 7.68. The van der Waals surface area contributed by atoms with Crippen molar-refractivity contribution in [2.24, 2.45) is 0 Å². The van der Waals surface area contributed by atoms with E-state index in [-0.39, 0.29) is 20.1 Å². The molecule has 0 atom stereocenters. The number of benzene rings is 2. The molecular formula is C33H29IrN3S-2. The maximum Gasteiger partial charge on any atom is 0.0283 e. The maximum absolute atomic E-state index is 4.66. The number of thiophene rings is 1. The molecule has 0 saturated carbocycles. The first-order chi connectivity index (χ1) is 17.8. The van der Waals surface area contributed by atoms with Crippen LogP contribution in [0, 0.1) is 53.7 Å². The summed E-state index contributed by atoms with van der Waals surface area (Å²) in [6.07, 6.45) is 5.69. The minimum Gasteiger partial charge on any atom is -0.304 e. The molecule has 0 fully saturated rings. The molecule has 0 aliphatic heterocycles. The van der Waals surface area contributed by atoms with Crippen molar-refractivity contribution < 1.29 is 20.1 Å². The molecule has 4 aromatic heterocycles. The van der Waals surface area contributed by atoms with Gasteiger partial charge in [0.1, 0.15) is 0 Å². The number of nitrogens with zero attached hydrogens (tertiary/aromatic N) is 3. The van der Waals surface area contributed by atoms with Crippen LogP contribution in [0.3, 0.4) is 0 Å². The van der Waals surface area contributed by atoms with Gasteiger partial charge in [-0.1, -0.05) is 54.1 Å². The fourth-order valence-corrected chi connectivity index (χ4v) is 5.12. The summed E-state index contributed by atoms with van der Waals surface area (Å²) in [4.78, 5) is 13.7. The average molecular weight is 692 g/mol. The summed E-state index contributed by atoms with van der Waals surface area (Å²) in [5, 5.41) is 4.34. The molecule has 0 aliphatic rings. The van der Waals surface area contributed by atoms with E-state index in [1.807, 2.05) is 30.7 Å². The Morgan fingerprint density at radius 1 is 0.763 bits per heavy atom. The van der Waals surface area contributed by atoms with Gasteiger partial charge >= 0.3 is 0 Å². The Bertz CT molecular complexity index is 1700. The first-order valence-electron chi connectivity index (χ1n) is 12.3. The van der Waals surface area contributed by atoms with Crippen LogP contribution in [0.2, 0.25) is 0 Å². The van der Waals surface area contributed by atoms with Crippen molar-refractivity contribution in [1.29, 1.82) is 0 Å². The summed E-state index contributed by atoms with van der Waals surface area (Å²) < 4.78 is 1.20. The zero-order valence-corrected chi connectivity index (χ0v) is 25.6. The smallest absolute Gasteiger partial charge is 0.0283 e. The summed E-state index contributed by atoms with van der Waals surface area (Å²) in [7, 11) is 0. The van der Waals surface area contributed by atoms with Gasteiger partial charge < -0.3 is 4.98 Å². The molecule has 0 unspecified atom stereocenters. The predicted octanol–water partition coefficient (Wildman–Crippen LogP) is 8.71. The first kappa shape index (κ1) is 27.8. The summed E-state index contributed by atoms with van der Waals surface area (Å²) in [6, 6.07) is 21.4. The van der Waals surface area contributed by atoms with Crippen LogP contribution in [0.1, 0.15) is 33.4 Å². The summed E-state index contributed by atoms with van der Waals surface area (Å²) >= 11 is 1.72. The summed E-state index contributed by atoms with van der Waals surface area (Å²) in [6.45, 7) is 12.6. The van der Waals surface area contributed by atoms with Crippen molar-refractivity contribution in [1.82, 2.24) is 15.0 Å². The molecule has 0 saturated heterocycles. The Balaban J connectivity index is 0.000000179. The van der Waals surface area contributed by atoms with E-state index in [1.165, 1.54) is 27.0 Å². The fourth-order valence-electron chi connectivity index (χ4n) is 4.26. The van der Waals surface area contributed by atoms with Gasteiger partial charge in [0.2, 0.25) is 0 Å². The van der Waals surface area contributed by atoms with Crippen molar-refractivity contribution in [3.05, 3.63) is 112 Å². The molecule has 6 aromatic rings. The van der Waals surface area contributed by atoms with E-state index >= 15 is 0 Å². The standard InChI is InChI=1S/C18H13N2S.C15H16N.Ir/c1-11-8-14-15(16-12(2)4-3-6-19-16)9-13-5-7-21-18(13)17(14)20-10-11;1-10-5-6-14(7-11(10)2)15-8-12(3)13(4)9-16-15;/h3-8,10H,1-2H3;5,7-9H,1-4H3;/q2*-1;. The van der Waals surface area contributed by atoms with Crippen molar-refractivity contribution in [2.45, 2.75) is 41.5 Å². The number of fused-ring (bicyclic) bond motifs is 3. The SMILES string of the molecule is Cc1c[c-]c(-c2cc(C)c(C)cn2)cc1C.Cc1cnc2c(c1)c(-c1ncccc1C)[c-]c1ccsc12.[Ir]. The molecule has 0 amide bonds. The number of rotatable bonds is 2. The minimum atomic E-state index is 0. The van der Waals surface area contributed by atoms with Crippen molar-refractivity contribution in [3.8, 4) is 22.5 Å². The van der Waals surface area contributed by atoms with Crippen LogP contribution in [-0.2, 0) is 20.1 Å². The Morgan fingerprint density at radius 2 is 1.55 bits per heavy atom. The monoisotopic (exact) mass is 692 g/mol. The number of pyridine rings is 3. The van der Waals surface area contributed by atoms with Crippen LogP contribution in [-0.4, -0.2) is 15.0 Å². The van der Waals surface area contributed by atoms with Gasteiger partial charge in [-0.05, 0) is 60.7 Å². The molecule has 6 rings (SSSR count). The number of aromatic nitrogens is 3. The molecular weight excluding hydrogens is 663 g/mol. The van der Waals surface area contributed by atoms with E-state index in [4.69, 9.17) is 0 Å². The zero-order valence-electron chi connectivity index (χ0n) is 22.4. The molecule has 5 heteroatoms. The zero-order chi connectivity index (χ0) is 26.1. The molecule has 38 heavy (non-hydrogen) atoms. The Kier molecular flexibility index (Phi) is 8.52. The van der Waals surface area contributed by atoms with E-state index in [9.17, 15) is 0 Å². The second-order valence-corrected chi connectivity index (χ2v) is 10.5. The number of aryl methyl sites for hydroxylation is 6. The minimum absolute atomic E-state index is 0. The predicted molar refractivity (Wildman–Crippen MR) is 156 cm³/mol. The molecule has 4 heterocycles. The molecule has 0 spiro atoms. The largest absolute Gasteiger partial charge is 0.304 e. The van der Waals surface area contributed by atoms with E-state index < -0.39 is 0 Å². The van der Waals surface area contributed by atoms with E-state index in [0.29, 0.717) is 0 Å². The van der Waals surface area contributed by atoms with Gasteiger partial charge in [0.15, 0.2) is 0 Å². The van der Waals surface area contributed by atoms with Crippen LogP contribution in [0.25, 0.3) is 43.5 Å². The van der Waals surface area contributed by atoms with Crippen LogP contribution in [0.15, 0.2) is 66.4 Å². The molecule has 193 valence electrons. The normalized spacial score (nSPS) is 10.7. The Morgan fingerprint density at radius 3 is 2.29 bits per heavy atom. The van der Waals surface area contributed by atoms with E-state index in [1.54, 1.807) is 11.3 Å². The van der Waals surface area contributed by atoms with Gasteiger partial charge in [-0.15, -0.1) is 52.4 Å². The van der Waals surface area contributed by atoms with Gasteiger partial charge in [0.25, 0.3) is 0 Å². The Hall–Kier alpha value is -3.24. The third kappa shape index (κ3) is 5.61. The quantitative estimate of drug-likeness (QED) is 0.171. The molecule has 2 aromatic carbocycles. The van der Waals surface area contributed by atoms with Crippen molar-refractivity contribution >= 4 is 32.3 Å². The van der Waals surface area contributed by atoms with Crippen LogP contribution in [0.4, 0.5) is 0 Å². The summed E-state index contributed by atoms with van der Waals surface area (Å²) in [5.74, 6) is 0. The van der Waals surface area contributed by atoms with Crippen LogP contribution in [0.5, 0.6) is 0 Å². The molecule has 0 N–H and O–H groups in total. The molecule has 0 bridgehead atoms. The maximum atomic E-state index is 4.66. The van der Waals surface area contributed by atoms with Gasteiger partial charge in [-0.3, -0.25) is 9.97 Å². The first-order valence-corrected chi connectivity index (χ1v) is 13.2. The van der Waals surface area contributed by atoms with Gasteiger partial charge in [0, 0.05) is 49.9 Å².